The maximum absolute atomic E-state index is 12.2. The van der Waals surface area contributed by atoms with Crippen molar-refractivity contribution in [3.63, 3.8) is 0 Å². The third-order valence-electron chi connectivity index (χ3n) is 3.81. The van der Waals surface area contributed by atoms with Gasteiger partial charge in [-0.05, 0) is 55.0 Å². The van der Waals surface area contributed by atoms with E-state index in [0.29, 0.717) is 33.3 Å². The molecule has 8 heteroatoms. The molecule has 0 unspecified atom stereocenters. The molecule has 2 aromatic carbocycles. The molecule has 0 bridgehead atoms. The Morgan fingerprint density at radius 2 is 1.86 bits per heavy atom. The molecule has 0 aliphatic carbocycles. The number of benzene rings is 2. The highest BCUT2D eigenvalue weighted by Gasteiger charge is 2.17. The molecule has 0 heterocycles. The van der Waals surface area contributed by atoms with Crippen molar-refractivity contribution >= 4 is 35.2 Å². The first-order valence-corrected chi connectivity index (χ1v) is 8.87. The van der Waals surface area contributed by atoms with Gasteiger partial charge in [0, 0.05) is 11.8 Å². The van der Waals surface area contributed by atoms with E-state index in [2.05, 4.69) is 5.32 Å². The van der Waals surface area contributed by atoms with E-state index in [1.54, 1.807) is 36.4 Å². The first kappa shape index (κ1) is 21.8. The Morgan fingerprint density at radius 3 is 2.45 bits per heavy atom. The number of anilines is 1. The van der Waals surface area contributed by atoms with Gasteiger partial charge in [0.25, 0.3) is 5.91 Å². The van der Waals surface area contributed by atoms with Crippen LogP contribution in [0.25, 0.3) is 6.08 Å². The van der Waals surface area contributed by atoms with Crippen molar-refractivity contribution < 1.29 is 23.8 Å². The summed E-state index contributed by atoms with van der Waals surface area (Å²) < 4.78 is 15.5. The van der Waals surface area contributed by atoms with Crippen LogP contribution < -0.4 is 14.8 Å². The van der Waals surface area contributed by atoms with E-state index in [0.717, 1.165) is 0 Å². The smallest absolute Gasteiger partial charge is 0.331 e. The molecule has 0 aliphatic rings. The van der Waals surface area contributed by atoms with Crippen molar-refractivity contribution in [1.82, 2.24) is 0 Å². The second kappa shape index (κ2) is 10.2. The molecule has 0 aliphatic heterocycles. The number of hydrogen-bond donors (Lipinski definition) is 1. The highest BCUT2D eigenvalue weighted by molar-refractivity contribution is 6.32. The minimum Gasteiger partial charge on any atom is -0.493 e. The Morgan fingerprint density at radius 1 is 1.17 bits per heavy atom. The van der Waals surface area contributed by atoms with Crippen LogP contribution in [0.2, 0.25) is 5.02 Å². The summed E-state index contributed by atoms with van der Waals surface area (Å²) in [6.45, 7) is 1.46. The number of nitriles is 1. The zero-order valence-corrected chi connectivity index (χ0v) is 16.8. The van der Waals surface area contributed by atoms with Gasteiger partial charge >= 0.3 is 5.97 Å². The molecule has 29 heavy (non-hydrogen) atoms. The molecule has 0 saturated carbocycles. The Hall–Kier alpha value is -3.50. The standard InChI is InChI=1S/C21H19ClN2O5/c1-13(21(26)24-16-7-4-14(12-23)5-8-16)29-19(25)9-6-15-10-17(22)20(28-3)18(11-15)27-2/h4-11,13H,1-3H3,(H,24,26)/b9-6+/t13-/m1/s1. The van der Waals surface area contributed by atoms with Crippen molar-refractivity contribution in [2.45, 2.75) is 13.0 Å². The van der Waals surface area contributed by atoms with Gasteiger partial charge in [0.05, 0.1) is 30.9 Å². The molecule has 0 radical (unpaired) electrons. The van der Waals surface area contributed by atoms with Crippen LogP contribution in [0.5, 0.6) is 11.5 Å². The SMILES string of the molecule is COc1cc(/C=C/C(=O)O[C@H](C)C(=O)Nc2ccc(C#N)cc2)cc(Cl)c1OC. The maximum atomic E-state index is 12.2. The Labute approximate surface area is 173 Å². The quantitative estimate of drug-likeness (QED) is 0.546. The van der Waals surface area contributed by atoms with Crippen LogP contribution in [-0.2, 0) is 14.3 Å². The number of methoxy groups -OCH3 is 2. The number of nitrogens with one attached hydrogen (secondary N) is 1. The van der Waals surface area contributed by atoms with Crippen LogP contribution in [0, 0.1) is 11.3 Å². The number of nitrogens with zero attached hydrogens (tertiary/aromatic N) is 1. The molecular formula is C21H19ClN2O5. The lowest BCUT2D eigenvalue weighted by molar-refractivity contribution is -0.148. The minimum absolute atomic E-state index is 0.329. The molecule has 2 rings (SSSR count). The van der Waals surface area contributed by atoms with Crippen molar-refractivity contribution in [3.05, 3.63) is 58.6 Å². The predicted octanol–water partition coefficient (Wildman–Crippen LogP) is 3.81. The number of carbonyl (C=O) groups excluding carboxylic acids is 2. The van der Waals surface area contributed by atoms with Crippen molar-refractivity contribution in [1.29, 1.82) is 5.26 Å². The van der Waals surface area contributed by atoms with E-state index >= 15 is 0 Å². The molecule has 0 aromatic heterocycles. The fourth-order valence-electron chi connectivity index (χ4n) is 2.34. The van der Waals surface area contributed by atoms with E-state index in [-0.39, 0.29) is 0 Å². The average molecular weight is 415 g/mol. The maximum Gasteiger partial charge on any atom is 0.331 e. The second-order valence-corrected chi connectivity index (χ2v) is 6.24. The van der Waals surface area contributed by atoms with Gasteiger partial charge in [0.15, 0.2) is 17.6 Å². The summed E-state index contributed by atoms with van der Waals surface area (Å²) >= 11 is 6.12. The summed E-state index contributed by atoms with van der Waals surface area (Å²) in [6.07, 6.45) is 1.65. The molecule has 0 spiro atoms. The van der Waals surface area contributed by atoms with Crippen LogP contribution in [0.15, 0.2) is 42.5 Å². The monoisotopic (exact) mass is 414 g/mol. The number of halogens is 1. The Bertz CT molecular complexity index is 964. The van der Waals surface area contributed by atoms with E-state index in [1.807, 2.05) is 6.07 Å². The van der Waals surface area contributed by atoms with Gasteiger partial charge in [0.2, 0.25) is 0 Å². The van der Waals surface area contributed by atoms with Gasteiger partial charge in [-0.2, -0.15) is 5.26 Å². The van der Waals surface area contributed by atoms with Crippen LogP contribution in [0.3, 0.4) is 0 Å². The number of ether oxygens (including phenoxy) is 3. The van der Waals surface area contributed by atoms with Gasteiger partial charge in [-0.25, -0.2) is 4.79 Å². The first-order chi connectivity index (χ1) is 13.9. The number of amides is 1. The zero-order chi connectivity index (χ0) is 21.4. The number of carbonyl (C=O) groups is 2. The van der Waals surface area contributed by atoms with Gasteiger partial charge < -0.3 is 19.5 Å². The Balaban J connectivity index is 1.97. The highest BCUT2D eigenvalue weighted by atomic mass is 35.5. The summed E-state index contributed by atoms with van der Waals surface area (Å²) in [4.78, 5) is 24.2. The van der Waals surface area contributed by atoms with Crippen LogP contribution in [-0.4, -0.2) is 32.2 Å². The lowest BCUT2D eigenvalue weighted by atomic mass is 10.2. The fraction of sp³-hybridized carbons (Fsp3) is 0.190. The van der Waals surface area contributed by atoms with E-state index in [4.69, 9.17) is 31.1 Å². The number of esters is 1. The topological polar surface area (TPSA) is 97.6 Å². The largest absolute Gasteiger partial charge is 0.493 e. The highest BCUT2D eigenvalue weighted by Crippen LogP contribution is 2.36. The molecule has 0 saturated heterocycles. The molecule has 1 amide bonds. The summed E-state index contributed by atoms with van der Waals surface area (Å²) in [5, 5.41) is 11.7. The summed E-state index contributed by atoms with van der Waals surface area (Å²) in [7, 11) is 2.95. The predicted molar refractivity (Wildman–Crippen MR) is 109 cm³/mol. The van der Waals surface area contributed by atoms with Gasteiger partial charge in [-0.3, -0.25) is 4.79 Å². The molecule has 150 valence electrons. The summed E-state index contributed by atoms with van der Waals surface area (Å²) in [5.74, 6) is -0.380. The second-order valence-electron chi connectivity index (χ2n) is 5.83. The number of rotatable bonds is 7. The first-order valence-electron chi connectivity index (χ1n) is 8.49. The van der Waals surface area contributed by atoms with Crippen molar-refractivity contribution in [2.75, 3.05) is 19.5 Å². The lowest BCUT2D eigenvalue weighted by Gasteiger charge is -2.12. The van der Waals surface area contributed by atoms with Crippen LogP contribution in [0.4, 0.5) is 5.69 Å². The van der Waals surface area contributed by atoms with E-state index < -0.39 is 18.0 Å². The average Bonchev–Trinajstić information content (AvgIpc) is 2.72. The summed E-state index contributed by atoms with van der Waals surface area (Å²) in [6, 6.07) is 11.6. The molecule has 1 N–H and O–H groups in total. The molecule has 1 atom stereocenters. The molecule has 2 aromatic rings. The van der Waals surface area contributed by atoms with Gasteiger partial charge in [-0.1, -0.05) is 11.6 Å². The molecule has 7 nitrogen and oxygen atoms in total. The lowest BCUT2D eigenvalue weighted by Crippen LogP contribution is -2.29. The zero-order valence-electron chi connectivity index (χ0n) is 16.1. The summed E-state index contributed by atoms with van der Waals surface area (Å²) in [5.41, 5.74) is 1.56. The van der Waals surface area contributed by atoms with E-state index in [9.17, 15) is 9.59 Å². The number of hydrogen-bond acceptors (Lipinski definition) is 6. The third kappa shape index (κ3) is 5.99. The molecule has 0 fully saturated rings. The van der Waals surface area contributed by atoms with Gasteiger partial charge in [0.1, 0.15) is 0 Å². The van der Waals surface area contributed by atoms with Crippen LogP contribution in [0.1, 0.15) is 18.1 Å². The van der Waals surface area contributed by atoms with Crippen molar-refractivity contribution in [3.8, 4) is 17.6 Å². The van der Waals surface area contributed by atoms with Crippen LogP contribution >= 0.6 is 11.6 Å². The minimum atomic E-state index is -1.02. The Kier molecular flexibility index (Phi) is 7.63. The van der Waals surface area contributed by atoms with Gasteiger partial charge in [-0.15, -0.1) is 0 Å². The fourth-order valence-corrected chi connectivity index (χ4v) is 2.63. The van der Waals surface area contributed by atoms with Crippen molar-refractivity contribution in [2.24, 2.45) is 0 Å². The normalized spacial score (nSPS) is 11.4. The third-order valence-corrected chi connectivity index (χ3v) is 4.09. The van der Waals surface area contributed by atoms with E-state index in [1.165, 1.54) is 33.3 Å². The molecular weight excluding hydrogens is 396 g/mol.